The molecule has 1 atom stereocenters. The van der Waals surface area contributed by atoms with Crippen LogP contribution in [-0.2, 0) is 17.9 Å². The number of nitrogens with two attached hydrogens (primary N) is 1. The summed E-state index contributed by atoms with van der Waals surface area (Å²) < 4.78 is 5.38. The molecule has 0 aromatic carbocycles. The summed E-state index contributed by atoms with van der Waals surface area (Å²) in [6.07, 6.45) is 5.97. The number of carbonyl (C=O) groups excluding carboxylic acids is 2. The van der Waals surface area contributed by atoms with Gasteiger partial charge >= 0.3 is 0 Å². The number of fused-ring (bicyclic) bond motifs is 1. The summed E-state index contributed by atoms with van der Waals surface area (Å²) in [6.45, 7) is 2.78. The molecule has 142 valence electrons. The molecule has 1 aromatic heterocycles. The highest BCUT2D eigenvalue weighted by Gasteiger charge is 2.35. The van der Waals surface area contributed by atoms with Gasteiger partial charge in [-0.25, -0.2) is 4.98 Å². The van der Waals surface area contributed by atoms with Crippen molar-refractivity contribution in [2.24, 2.45) is 5.73 Å². The number of nitrogens with one attached hydrogen (secondary N) is 1. The number of hydrogen-bond acceptors (Lipinski definition) is 5. The predicted octanol–water partition coefficient (Wildman–Crippen LogP) is 1.73. The van der Waals surface area contributed by atoms with Gasteiger partial charge in [0, 0.05) is 18.2 Å². The van der Waals surface area contributed by atoms with Crippen LogP contribution < -0.4 is 15.8 Å². The zero-order valence-corrected chi connectivity index (χ0v) is 15.6. The first kappa shape index (κ1) is 18.6. The van der Waals surface area contributed by atoms with Gasteiger partial charge in [0.05, 0.1) is 31.0 Å². The fourth-order valence-electron chi connectivity index (χ4n) is 3.84. The van der Waals surface area contributed by atoms with Gasteiger partial charge in [0.2, 0.25) is 11.8 Å². The van der Waals surface area contributed by atoms with E-state index in [1.165, 1.54) is 12.8 Å². The van der Waals surface area contributed by atoms with Crippen molar-refractivity contribution < 1.29 is 14.3 Å². The van der Waals surface area contributed by atoms with Crippen molar-refractivity contribution in [3.63, 3.8) is 0 Å². The van der Waals surface area contributed by atoms with E-state index in [1.54, 1.807) is 7.11 Å². The van der Waals surface area contributed by atoms with E-state index >= 15 is 0 Å². The van der Waals surface area contributed by atoms with Gasteiger partial charge in [-0.05, 0) is 25.3 Å². The molecule has 7 heteroatoms. The number of amides is 2. The minimum atomic E-state index is -0.520. The van der Waals surface area contributed by atoms with Gasteiger partial charge in [0.1, 0.15) is 0 Å². The average Bonchev–Trinajstić information content (AvgIpc) is 3.27. The van der Waals surface area contributed by atoms with Crippen molar-refractivity contribution in [2.75, 3.05) is 7.11 Å². The molecule has 2 aliphatic rings. The Bertz CT molecular complexity index is 686. The predicted molar refractivity (Wildman–Crippen MR) is 97.6 cm³/mol. The van der Waals surface area contributed by atoms with Gasteiger partial charge in [-0.1, -0.05) is 26.2 Å². The molecular weight excluding hydrogens is 332 g/mol. The third-order valence-corrected chi connectivity index (χ3v) is 5.30. The van der Waals surface area contributed by atoms with Crippen molar-refractivity contribution in [1.82, 2.24) is 15.2 Å². The molecule has 7 nitrogen and oxygen atoms in total. The normalized spacial score (nSPS) is 18.1. The maximum absolute atomic E-state index is 12.8. The van der Waals surface area contributed by atoms with Gasteiger partial charge in [0.25, 0.3) is 5.91 Å². The first-order valence-corrected chi connectivity index (χ1v) is 9.46. The van der Waals surface area contributed by atoms with Crippen molar-refractivity contribution in [3.05, 3.63) is 22.9 Å². The number of rotatable bonds is 7. The van der Waals surface area contributed by atoms with Crippen LogP contribution in [0.4, 0.5) is 0 Å². The lowest BCUT2D eigenvalue weighted by Gasteiger charge is -2.22. The maximum atomic E-state index is 12.8. The number of hydrogen-bond donors (Lipinski definition) is 2. The summed E-state index contributed by atoms with van der Waals surface area (Å²) in [5.74, 6) is 0.291. The van der Waals surface area contributed by atoms with E-state index in [2.05, 4.69) is 10.3 Å². The van der Waals surface area contributed by atoms with Crippen LogP contribution in [0.3, 0.4) is 0 Å². The Balaban J connectivity index is 1.75. The largest absolute Gasteiger partial charge is 0.481 e. The van der Waals surface area contributed by atoms with Gasteiger partial charge < -0.3 is 20.7 Å². The van der Waals surface area contributed by atoms with Crippen LogP contribution in [0.1, 0.15) is 67.1 Å². The van der Waals surface area contributed by atoms with Crippen molar-refractivity contribution in [1.29, 1.82) is 0 Å². The molecule has 0 bridgehead atoms. The van der Waals surface area contributed by atoms with Gasteiger partial charge in [-0.3, -0.25) is 9.59 Å². The lowest BCUT2D eigenvalue weighted by Crippen LogP contribution is -2.40. The molecule has 1 aromatic rings. The Hall–Kier alpha value is -2.15. The molecule has 3 rings (SSSR count). The first-order chi connectivity index (χ1) is 12.5. The second kappa shape index (κ2) is 8.03. The van der Waals surface area contributed by atoms with E-state index in [-0.39, 0.29) is 18.4 Å². The van der Waals surface area contributed by atoms with E-state index in [1.807, 2.05) is 17.9 Å². The molecule has 1 aliphatic heterocycles. The second-order valence-electron chi connectivity index (χ2n) is 7.14. The summed E-state index contributed by atoms with van der Waals surface area (Å²) in [6, 6.07) is 1.61. The Morgan fingerprint density at radius 3 is 2.85 bits per heavy atom. The SMILES string of the molecule is CCC[C@@H](N)C(=O)NCc1cc2c(nc1OC)CN(C1CCCC1)C2=O. The standard InChI is InChI=1S/C19H28N4O3/c1-3-6-15(20)17(24)21-10-12-9-14-16(22-18(12)26-2)11-23(19(14)25)13-7-4-5-8-13/h9,13,15H,3-8,10-11,20H2,1-2H3,(H,21,24)/t15-/m1/s1. The van der Waals surface area contributed by atoms with Crippen LogP contribution in [-0.4, -0.2) is 40.9 Å². The zero-order chi connectivity index (χ0) is 18.7. The second-order valence-corrected chi connectivity index (χ2v) is 7.14. The zero-order valence-electron chi connectivity index (χ0n) is 15.6. The molecule has 1 aliphatic carbocycles. The van der Waals surface area contributed by atoms with Crippen LogP contribution in [0.15, 0.2) is 6.07 Å². The minimum absolute atomic E-state index is 0.0392. The number of aromatic nitrogens is 1. The molecule has 1 fully saturated rings. The average molecular weight is 360 g/mol. The Morgan fingerprint density at radius 2 is 2.19 bits per heavy atom. The highest BCUT2D eigenvalue weighted by molar-refractivity contribution is 5.98. The molecule has 1 saturated carbocycles. The Morgan fingerprint density at radius 1 is 1.46 bits per heavy atom. The first-order valence-electron chi connectivity index (χ1n) is 9.46. The number of carbonyl (C=O) groups is 2. The van der Waals surface area contributed by atoms with Crippen molar-refractivity contribution in [3.8, 4) is 5.88 Å². The topological polar surface area (TPSA) is 97.6 Å². The maximum Gasteiger partial charge on any atom is 0.256 e. The van der Waals surface area contributed by atoms with Crippen LogP contribution in [0.2, 0.25) is 0 Å². The van der Waals surface area contributed by atoms with Crippen LogP contribution in [0.5, 0.6) is 5.88 Å². The fourth-order valence-corrected chi connectivity index (χ4v) is 3.84. The minimum Gasteiger partial charge on any atom is -0.481 e. The van der Waals surface area contributed by atoms with E-state index in [9.17, 15) is 9.59 Å². The van der Waals surface area contributed by atoms with Crippen LogP contribution in [0, 0.1) is 0 Å². The van der Waals surface area contributed by atoms with Crippen LogP contribution >= 0.6 is 0 Å². The molecular formula is C19H28N4O3. The Labute approximate surface area is 154 Å². The summed E-state index contributed by atoms with van der Waals surface area (Å²) in [5, 5.41) is 2.82. The van der Waals surface area contributed by atoms with Gasteiger partial charge in [0.15, 0.2) is 0 Å². The van der Waals surface area contributed by atoms with Gasteiger partial charge in [-0.15, -0.1) is 0 Å². The summed E-state index contributed by atoms with van der Waals surface area (Å²) in [4.78, 5) is 31.3. The highest BCUT2D eigenvalue weighted by Crippen LogP contribution is 2.33. The molecule has 2 heterocycles. The lowest BCUT2D eigenvalue weighted by atomic mass is 10.1. The smallest absolute Gasteiger partial charge is 0.256 e. The number of pyridine rings is 1. The number of ether oxygens (including phenoxy) is 1. The summed E-state index contributed by atoms with van der Waals surface area (Å²) in [7, 11) is 1.55. The quantitative estimate of drug-likeness (QED) is 0.772. The van der Waals surface area contributed by atoms with Gasteiger partial charge in [-0.2, -0.15) is 0 Å². The molecule has 0 spiro atoms. The van der Waals surface area contributed by atoms with E-state index in [4.69, 9.17) is 10.5 Å². The molecule has 0 unspecified atom stereocenters. The van der Waals surface area contributed by atoms with E-state index in [0.717, 1.165) is 25.0 Å². The highest BCUT2D eigenvalue weighted by atomic mass is 16.5. The number of nitrogens with zero attached hydrogens (tertiary/aromatic N) is 2. The molecule has 0 radical (unpaired) electrons. The molecule has 3 N–H and O–H groups in total. The van der Waals surface area contributed by atoms with Crippen LogP contribution in [0.25, 0.3) is 0 Å². The van der Waals surface area contributed by atoms with Crippen molar-refractivity contribution in [2.45, 2.75) is 70.6 Å². The number of methoxy groups -OCH3 is 1. The lowest BCUT2D eigenvalue weighted by molar-refractivity contribution is -0.122. The molecule has 2 amide bonds. The summed E-state index contributed by atoms with van der Waals surface area (Å²) in [5.41, 5.74) is 7.93. The van der Waals surface area contributed by atoms with Crippen molar-refractivity contribution >= 4 is 11.8 Å². The molecule has 0 saturated heterocycles. The van der Waals surface area contributed by atoms with E-state index in [0.29, 0.717) is 36.0 Å². The third-order valence-electron chi connectivity index (χ3n) is 5.30. The summed E-state index contributed by atoms with van der Waals surface area (Å²) >= 11 is 0. The van der Waals surface area contributed by atoms with E-state index < -0.39 is 6.04 Å². The fraction of sp³-hybridized carbons (Fsp3) is 0.632. The third kappa shape index (κ3) is 3.67. The Kier molecular flexibility index (Phi) is 5.76. The monoisotopic (exact) mass is 360 g/mol. The molecule has 26 heavy (non-hydrogen) atoms.